The molecule has 236 valence electrons. The molecule has 3 heterocycles. The number of hydrogen-bond donors (Lipinski definition) is 3. The van der Waals surface area contributed by atoms with Crippen LogP contribution in [-0.4, -0.2) is 108 Å². The number of rotatable bonds is 7. The number of esters is 1. The minimum Gasteiger partial charge on any atom is -0.504 e. The van der Waals surface area contributed by atoms with E-state index in [1.165, 1.54) is 14.2 Å². The van der Waals surface area contributed by atoms with Crippen molar-refractivity contribution in [2.75, 3.05) is 34.4 Å². The van der Waals surface area contributed by atoms with Crippen LogP contribution >= 0.6 is 0 Å². The van der Waals surface area contributed by atoms with Crippen LogP contribution in [0.3, 0.4) is 0 Å². The summed E-state index contributed by atoms with van der Waals surface area (Å²) in [7, 11) is 4.61. The Morgan fingerprint density at radius 1 is 1.02 bits per heavy atom. The number of amides is 1. The number of carbonyl (C=O) groups is 5. The van der Waals surface area contributed by atoms with Crippen molar-refractivity contribution in [3.05, 3.63) is 39.2 Å². The number of hydrogen-bond acceptors (Lipinski definition) is 12. The first kappa shape index (κ1) is 31.4. The maximum Gasteiger partial charge on any atom is 0.337 e. The van der Waals surface area contributed by atoms with E-state index in [2.05, 4.69) is 15.1 Å². The molecule has 3 aliphatic heterocycles. The van der Waals surface area contributed by atoms with Crippen molar-refractivity contribution in [1.82, 2.24) is 15.1 Å². The van der Waals surface area contributed by atoms with E-state index in [-0.39, 0.29) is 65.2 Å². The predicted molar refractivity (Wildman–Crippen MR) is 154 cm³/mol. The number of fused-ring (bicyclic) bond motifs is 6. The average molecular weight is 612 g/mol. The smallest absolute Gasteiger partial charge is 0.337 e. The molecule has 0 spiro atoms. The third-order valence-electron chi connectivity index (χ3n) is 9.56. The number of aliphatic hydroxyl groups is 1. The number of carbonyl (C=O) groups excluding carboxylic acids is 5. The molecule has 4 aliphatic rings. The van der Waals surface area contributed by atoms with Crippen molar-refractivity contribution in [2.45, 2.75) is 70.7 Å². The lowest BCUT2D eigenvalue weighted by atomic mass is 9.69. The van der Waals surface area contributed by atoms with Gasteiger partial charge in [0.2, 0.25) is 11.6 Å². The van der Waals surface area contributed by atoms with Crippen LogP contribution in [-0.2, 0) is 35.1 Å². The number of likely N-dealkylation sites (N-methyl/N-ethyl adjacent to an activating group) is 1. The number of phenolic OH excluding ortho intramolecular Hbond substituents is 1. The molecule has 5 rings (SSSR count). The minimum absolute atomic E-state index is 0.0111. The molecule has 1 aliphatic carbocycles. The molecule has 5 atom stereocenters. The first-order chi connectivity index (χ1) is 20.8. The Balaban J connectivity index is 1.76. The Bertz CT molecular complexity index is 1560. The normalized spacial score (nSPS) is 26.5. The average Bonchev–Trinajstić information content (AvgIpc) is 2.98. The maximum atomic E-state index is 13.9. The lowest BCUT2D eigenvalue weighted by molar-refractivity contribution is -0.137. The molecule has 1 aromatic rings. The largest absolute Gasteiger partial charge is 0.504 e. The highest BCUT2D eigenvalue weighted by Crippen LogP contribution is 2.54. The van der Waals surface area contributed by atoms with Crippen molar-refractivity contribution < 1.29 is 48.4 Å². The number of ketones is 3. The van der Waals surface area contributed by atoms with Crippen molar-refractivity contribution in [2.24, 2.45) is 0 Å². The van der Waals surface area contributed by atoms with E-state index in [9.17, 15) is 34.2 Å². The van der Waals surface area contributed by atoms with Gasteiger partial charge >= 0.3 is 5.97 Å². The quantitative estimate of drug-likeness (QED) is 0.168. The van der Waals surface area contributed by atoms with E-state index in [4.69, 9.17) is 14.2 Å². The van der Waals surface area contributed by atoms with Gasteiger partial charge in [-0.2, -0.15) is 0 Å². The molecule has 1 amide bonds. The van der Waals surface area contributed by atoms with Crippen LogP contribution < -0.4 is 14.8 Å². The van der Waals surface area contributed by atoms with Crippen LogP contribution in [0.4, 0.5) is 0 Å². The van der Waals surface area contributed by atoms with Crippen molar-refractivity contribution in [3.8, 4) is 17.2 Å². The van der Waals surface area contributed by atoms with Crippen molar-refractivity contribution >= 4 is 29.2 Å². The number of phenols is 1. The molecule has 0 aromatic heterocycles. The summed E-state index contributed by atoms with van der Waals surface area (Å²) >= 11 is 0. The van der Waals surface area contributed by atoms with Crippen LogP contribution in [0.25, 0.3) is 0 Å². The number of nitrogens with one attached hydrogen (secondary N) is 1. The van der Waals surface area contributed by atoms with Gasteiger partial charge in [0.1, 0.15) is 12.4 Å². The van der Waals surface area contributed by atoms with E-state index < -0.39 is 42.4 Å². The van der Waals surface area contributed by atoms with Crippen LogP contribution in [0.5, 0.6) is 17.2 Å². The summed E-state index contributed by atoms with van der Waals surface area (Å²) in [6, 6.07) is -2.39. The first-order valence-electron chi connectivity index (χ1n) is 14.4. The molecule has 0 saturated carbocycles. The molecule has 1 aromatic carbocycles. The zero-order chi connectivity index (χ0) is 32.4. The fraction of sp³-hybridized carbons (Fsp3) is 0.516. The zero-order valence-corrected chi connectivity index (χ0v) is 25.8. The van der Waals surface area contributed by atoms with Gasteiger partial charge in [-0.15, -0.1) is 0 Å². The number of Topliss-reactive ketones (excluding diaryl/α,β-unsaturated/α-hetero) is 3. The van der Waals surface area contributed by atoms with Crippen LogP contribution in [0.1, 0.15) is 49.9 Å². The number of methoxy groups -OCH3 is 2. The van der Waals surface area contributed by atoms with Gasteiger partial charge < -0.3 is 29.7 Å². The predicted octanol–water partition coefficient (Wildman–Crippen LogP) is 0.424. The van der Waals surface area contributed by atoms with Gasteiger partial charge in [-0.25, -0.2) is 4.79 Å². The third-order valence-corrected chi connectivity index (χ3v) is 9.56. The summed E-state index contributed by atoms with van der Waals surface area (Å²) in [5, 5.41) is 23.8. The molecular weight excluding hydrogens is 574 g/mol. The topological polar surface area (TPSA) is 172 Å². The molecule has 13 nitrogen and oxygen atoms in total. The third kappa shape index (κ3) is 4.52. The summed E-state index contributed by atoms with van der Waals surface area (Å²) in [5.41, 5.74) is 2.10. The molecule has 2 bridgehead atoms. The molecular formula is C31H37N3O10. The lowest BCUT2D eigenvalue weighted by Crippen LogP contribution is -2.72. The molecule has 0 radical (unpaired) electrons. The van der Waals surface area contributed by atoms with Crippen LogP contribution in [0.2, 0.25) is 0 Å². The number of allylic oxidation sites excluding steroid dienone is 2. The summed E-state index contributed by atoms with van der Waals surface area (Å²) in [4.78, 5) is 68.4. The summed E-state index contributed by atoms with van der Waals surface area (Å²) in [6.07, 6.45) is 0.460. The van der Waals surface area contributed by atoms with Gasteiger partial charge in [0.25, 0.3) is 5.91 Å². The summed E-state index contributed by atoms with van der Waals surface area (Å²) in [6.45, 7) is 5.31. The Hall–Kier alpha value is -4.07. The van der Waals surface area contributed by atoms with Crippen LogP contribution in [0.15, 0.2) is 22.5 Å². The fourth-order valence-corrected chi connectivity index (χ4v) is 7.65. The van der Waals surface area contributed by atoms with E-state index in [1.807, 2.05) is 14.0 Å². The van der Waals surface area contributed by atoms with Gasteiger partial charge in [-0.05, 0) is 40.7 Å². The zero-order valence-electron chi connectivity index (χ0n) is 25.8. The monoisotopic (exact) mass is 611 g/mol. The standard InChI is InChI=1S/C31H37N3O10/c1-12-25(38)16-8-18-14(3)34-19(24(33(18)5)23(16)27(40)29(12)42-6)9-17-22(20(34)10-32-31(41)15(4)36)26(39)30(43-7)13(2)28(17)44-21(37)11-35/h14,18-20,24,35,39H,8-11H2,1-7H3,(H,32,41)/t14-,18-,19-,20-,24-/m0/s1. The highest BCUT2D eigenvalue weighted by molar-refractivity contribution is 6.35. The highest BCUT2D eigenvalue weighted by atomic mass is 16.5. The first-order valence-corrected chi connectivity index (χ1v) is 14.4. The Morgan fingerprint density at radius 3 is 2.30 bits per heavy atom. The molecule has 1 saturated heterocycles. The SMILES string of the molecule is COC1=C(C)C(=O)C2=C(C1=O)[C@@H]1[C@@H]3Cc4c(OC(=O)CO)c(C)c(OC)c(O)c4[C@H](CNC(=O)C(C)=O)N3[C@@H](C)[C@H](C2)N1C. The molecule has 0 unspecified atom stereocenters. The minimum atomic E-state index is -0.929. The Morgan fingerprint density at radius 2 is 1.70 bits per heavy atom. The van der Waals surface area contributed by atoms with Crippen LogP contribution in [0, 0.1) is 6.92 Å². The number of benzene rings is 1. The van der Waals surface area contributed by atoms with Crippen molar-refractivity contribution in [3.63, 3.8) is 0 Å². The van der Waals surface area contributed by atoms with Gasteiger partial charge in [0.05, 0.1) is 26.3 Å². The van der Waals surface area contributed by atoms with E-state index >= 15 is 0 Å². The Kier molecular flexibility index (Phi) is 8.16. The molecule has 44 heavy (non-hydrogen) atoms. The van der Waals surface area contributed by atoms with E-state index in [0.717, 1.165) is 6.92 Å². The van der Waals surface area contributed by atoms with Gasteiger partial charge in [-0.3, -0.25) is 29.0 Å². The summed E-state index contributed by atoms with van der Waals surface area (Å²) < 4.78 is 16.5. The number of piperazine rings is 1. The lowest BCUT2D eigenvalue weighted by Gasteiger charge is -2.61. The number of aromatic hydroxyl groups is 1. The molecule has 1 fully saturated rings. The van der Waals surface area contributed by atoms with Gasteiger partial charge in [-0.1, -0.05) is 0 Å². The second-order valence-corrected chi connectivity index (χ2v) is 11.7. The van der Waals surface area contributed by atoms with E-state index in [0.29, 0.717) is 34.3 Å². The Labute approximate surface area is 254 Å². The van der Waals surface area contributed by atoms with Gasteiger partial charge in [0, 0.05) is 65.0 Å². The fourth-order valence-electron chi connectivity index (χ4n) is 7.65. The number of nitrogens with zero attached hydrogens (tertiary/aromatic N) is 2. The summed E-state index contributed by atoms with van der Waals surface area (Å²) in [5.74, 6) is -3.15. The molecule has 13 heteroatoms. The second kappa shape index (κ2) is 11.5. The van der Waals surface area contributed by atoms with Crippen molar-refractivity contribution in [1.29, 1.82) is 0 Å². The maximum absolute atomic E-state index is 13.9. The molecule has 3 N–H and O–H groups in total. The van der Waals surface area contributed by atoms with Gasteiger partial charge in [0.15, 0.2) is 23.0 Å². The number of ether oxygens (including phenoxy) is 3. The number of aliphatic hydroxyl groups excluding tert-OH is 1. The highest BCUT2D eigenvalue weighted by Gasteiger charge is 2.57. The van der Waals surface area contributed by atoms with E-state index in [1.54, 1.807) is 13.8 Å². The second-order valence-electron chi connectivity index (χ2n) is 11.7.